The Kier molecular flexibility index (Phi) is 2.90. The summed E-state index contributed by atoms with van der Waals surface area (Å²) in [5.74, 6) is 1.89. The lowest BCUT2D eigenvalue weighted by Gasteiger charge is -2.48. The number of fused-ring (bicyclic) bond motifs is 2. The standard InChI is InChI=1S/C14H22N2/c15-9-11-5-3-7-14-12(11)8-10-4-1-2-6-13(10)16-14/h10-14,16H,1-8H2. The van der Waals surface area contributed by atoms with E-state index in [1.807, 2.05) is 0 Å². The highest BCUT2D eigenvalue weighted by Crippen LogP contribution is 2.42. The molecule has 88 valence electrons. The third-order valence-electron chi connectivity index (χ3n) is 5.14. The molecule has 0 amide bonds. The molecule has 1 heterocycles. The average molecular weight is 218 g/mol. The van der Waals surface area contributed by atoms with Crippen molar-refractivity contribution >= 4 is 0 Å². The second kappa shape index (κ2) is 4.37. The lowest BCUT2D eigenvalue weighted by molar-refractivity contribution is 0.0745. The van der Waals surface area contributed by atoms with Gasteiger partial charge in [-0.1, -0.05) is 19.3 Å². The molecule has 0 aromatic carbocycles. The molecular formula is C14H22N2. The van der Waals surface area contributed by atoms with Gasteiger partial charge in [0.25, 0.3) is 0 Å². The van der Waals surface area contributed by atoms with Crippen LogP contribution in [0.3, 0.4) is 0 Å². The maximum atomic E-state index is 9.25. The van der Waals surface area contributed by atoms with E-state index >= 15 is 0 Å². The van der Waals surface area contributed by atoms with Gasteiger partial charge in [0.2, 0.25) is 0 Å². The van der Waals surface area contributed by atoms with Crippen LogP contribution in [-0.4, -0.2) is 12.1 Å². The maximum absolute atomic E-state index is 9.25. The fourth-order valence-electron chi connectivity index (χ4n) is 4.30. The van der Waals surface area contributed by atoms with E-state index in [9.17, 15) is 5.26 Å². The molecule has 5 unspecified atom stereocenters. The topological polar surface area (TPSA) is 35.8 Å². The van der Waals surface area contributed by atoms with E-state index in [2.05, 4.69) is 11.4 Å². The quantitative estimate of drug-likeness (QED) is 0.678. The van der Waals surface area contributed by atoms with Crippen molar-refractivity contribution in [1.29, 1.82) is 5.26 Å². The van der Waals surface area contributed by atoms with E-state index in [1.54, 1.807) is 0 Å². The Balaban J connectivity index is 1.74. The molecule has 2 aliphatic carbocycles. The monoisotopic (exact) mass is 218 g/mol. The molecule has 5 atom stereocenters. The van der Waals surface area contributed by atoms with Gasteiger partial charge < -0.3 is 5.32 Å². The van der Waals surface area contributed by atoms with Gasteiger partial charge in [0.15, 0.2) is 0 Å². The summed E-state index contributed by atoms with van der Waals surface area (Å²) in [5, 5.41) is 13.1. The van der Waals surface area contributed by atoms with Crippen LogP contribution in [0.15, 0.2) is 0 Å². The molecule has 0 spiro atoms. The molecule has 1 N–H and O–H groups in total. The zero-order valence-corrected chi connectivity index (χ0v) is 9.99. The van der Waals surface area contributed by atoms with Crippen LogP contribution >= 0.6 is 0 Å². The van der Waals surface area contributed by atoms with Gasteiger partial charge >= 0.3 is 0 Å². The summed E-state index contributed by atoms with van der Waals surface area (Å²) in [5.41, 5.74) is 0. The van der Waals surface area contributed by atoms with E-state index in [4.69, 9.17) is 0 Å². The van der Waals surface area contributed by atoms with Gasteiger partial charge in [-0.2, -0.15) is 5.26 Å². The summed E-state index contributed by atoms with van der Waals surface area (Å²) in [6.45, 7) is 0. The molecule has 0 bridgehead atoms. The van der Waals surface area contributed by atoms with Crippen molar-refractivity contribution in [3.63, 3.8) is 0 Å². The second-order valence-corrected chi connectivity index (χ2v) is 5.99. The Labute approximate surface area is 98.4 Å². The molecule has 0 radical (unpaired) electrons. The summed E-state index contributed by atoms with van der Waals surface area (Å²) in [6, 6.07) is 4.01. The third-order valence-corrected chi connectivity index (χ3v) is 5.14. The SMILES string of the molecule is N#CC1CCCC2NC3CCCCC3CC12. The Morgan fingerprint density at radius 1 is 0.938 bits per heavy atom. The Morgan fingerprint density at radius 3 is 2.62 bits per heavy atom. The van der Waals surface area contributed by atoms with Crippen molar-refractivity contribution in [3.05, 3.63) is 0 Å². The fourth-order valence-corrected chi connectivity index (χ4v) is 4.30. The zero-order chi connectivity index (χ0) is 11.0. The van der Waals surface area contributed by atoms with Crippen LogP contribution in [0.2, 0.25) is 0 Å². The Morgan fingerprint density at radius 2 is 1.75 bits per heavy atom. The lowest BCUT2D eigenvalue weighted by atomic mass is 9.65. The average Bonchev–Trinajstić information content (AvgIpc) is 2.35. The molecule has 2 heteroatoms. The van der Waals surface area contributed by atoms with Crippen LogP contribution in [0, 0.1) is 29.1 Å². The highest BCUT2D eigenvalue weighted by atomic mass is 15.0. The van der Waals surface area contributed by atoms with Gasteiger partial charge in [-0.25, -0.2) is 0 Å². The highest BCUT2D eigenvalue weighted by molar-refractivity contribution is 5.02. The van der Waals surface area contributed by atoms with Gasteiger partial charge in [0, 0.05) is 12.1 Å². The lowest BCUT2D eigenvalue weighted by Crippen LogP contribution is -2.56. The third kappa shape index (κ3) is 1.76. The van der Waals surface area contributed by atoms with Crippen molar-refractivity contribution in [1.82, 2.24) is 5.32 Å². The molecule has 0 aromatic heterocycles. The first-order chi connectivity index (χ1) is 7.88. The number of rotatable bonds is 0. The summed E-state index contributed by atoms with van der Waals surface area (Å²) in [4.78, 5) is 0. The molecule has 2 nitrogen and oxygen atoms in total. The molecule has 1 saturated heterocycles. The van der Waals surface area contributed by atoms with Crippen LogP contribution in [0.4, 0.5) is 0 Å². The Bertz CT molecular complexity index is 294. The maximum Gasteiger partial charge on any atom is 0.0659 e. The molecule has 1 aliphatic heterocycles. The van der Waals surface area contributed by atoms with Crippen LogP contribution < -0.4 is 5.32 Å². The van der Waals surface area contributed by atoms with Crippen LogP contribution in [-0.2, 0) is 0 Å². The first kappa shape index (κ1) is 10.6. The van der Waals surface area contributed by atoms with Crippen molar-refractivity contribution in [2.45, 2.75) is 63.5 Å². The highest BCUT2D eigenvalue weighted by Gasteiger charge is 2.42. The minimum Gasteiger partial charge on any atom is -0.311 e. The van der Waals surface area contributed by atoms with Gasteiger partial charge in [0.05, 0.1) is 12.0 Å². The van der Waals surface area contributed by atoms with Gasteiger partial charge in [-0.05, 0) is 43.9 Å². The van der Waals surface area contributed by atoms with E-state index in [0.717, 1.165) is 18.4 Å². The number of hydrogen-bond donors (Lipinski definition) is 1. The number of nitriles is 1. The summed E-state index contributed by atoms with van der Waals surface area (Å²) >= 11 is 0. The van der Waals surface area contributed by atoms with E-state index in [-0.39, 0.29) is 0 Å². The van der Waals surface area contributed by atoms with Crippen LogP contribution in [0.5, 0.6) is 0 Å². The van der Waals surface area contributed by atoms with Crippen molar-refractivity contribution in [3.8, 4) is 6.07 Å². The first-order valence-corrected chi connectivity index (χ1v) is 7.04. The van der Waals surface area contributed by atoms with Crippen molar-refractivity contribution in [2.75, 3.05) is 0 Å². The molecule has 3 aliphatic rings. The predicted molar refractivity (Wildman–Crippen MR) is 63.7 cm³/mol. The van der Waals surface area contributed by atoms with E-state index in [1.165, 1.54) is 44.9 Å². The molecule has 2 saturated carbocycles. The Hall–Kier alpha value is -0.550. The van der Waals surface area contributed by atoms with Gasteiger partial charge in [-0.15, -0.1) is 0 Å². The van der Waals surface area contributed by atoms with Crippen LogP contribution in [0.1, 0.15) is 51.4 Å². The van der Waals surface area contributed by atoms with E-state index in [0.29, 0.717) is 17.9 Å². The number of piperidine rings is 1. The normalized spacial score (nSPS) is 47.6. The summed E-state index contributed by atoms with van der Waals surface area (Å²) in [7, 11) is 0. The van der Waals surface area contributed by atoms with Crippen molar-refractivity contribution < 1.29 is 0 Å². The molecular weight excluding hydrogens is 196 g/mol. The van der Waals surface area contributed by atoms with E-state index < -0.39 is 0 Å². The minimum atomic E-state index is 0.342. The predicted octanol–water partition coefficient (Wildman–Crippen LogP) is 2.85. The summed E-state index contributed by atoms with van der Waals surface area (Å²) < 4.78 is 0. The van der Waals surface area contributed by atoms with Gasteiger partial charge in [-0.3, -0.25) is 0 Å². The number of hydrogen-bond acceptors (Lipinski definition) is 2. The smallest absolute Gasteiger partial charge is 0.0659 e. The van der Waals surface area contributed by atoms with Gasteiger partial charge in [0.1, 0.15) is 0 Å². The second-order valence-electron chi connectivity index (χ2n) is 5.99. The molecule has 3 rings (SSSR count). The summed E-state index contributed by atoms with van der Waals surface area (Å²) in [6.07, 6.45) is 10.7. The molecule has 3 fully saturated rings. The molecule has 16 heavy (non-hydrogen) atoms. The molecule has 0 aromatic rings. The zero-order valence-electron chi connectivity index (χ0n) is 9.99. The van der Waals surface area contributed by atoms with Crippen LogP contribution in [0.25, 0.3) is 0 Å². The number of nitrogens with zero attached hydrogens (tertiary/aromatic N) is 1. The number of nitrogens with one attached hydrogen (secondary N) is 1. The first-order valence-electron chi connectivity index (χ1n) is 7.04. The van der Waals surface area contributed by atoms with Crippen molar-refractivity contribution in [2.24, 2.45) is 17.8 Å². The minimum absolute atomic E-state index is 0.342. The fraction of sp³-hybridized carbons (Fsp3) is 0.929. The largest absolute Gasteiger partial charge is 0.311 e.